The lowest BCUT2D eigenvalue weighted by Gasteiger charge is -2.26. The Morgan fingerprint density at radius 2 is 1.78 bits per heavy atom. The van der Waals surface area contributed by atoms with E-state index < -0.39 is 39.2 Å². The number of benzene rings is 2. The van der Waals surface area contributed by atoms with Crippen molar-refractivity contribution in [2.24, 2.45) is 0 Å². The van der Waals surface area contributed by atoms with Gasteiger partial charge in [0.05, 0.1) is 18.8 Å². The largest absolute Gasteiger partial charge is 0.452 e. The van der Waals surface area contributed by atoms with Crippen molar-refractivity contribution < 1.29 is 31.9 Å². The molecule has 0 N–H and O–H groups in total. The molecule has 172 valence electrons. The first-order valence-electron chi connectivity index (χ1n) is 10.0. The molecule has 10 heteroatoms. The van der Waals surface area contributed by atoms with Crippen LogP contribution in [0.4, 0.5) is 4.39 Å². The van der Waals surface area contributed by atoms with E-state index in [2.05, 4.69) is 0 Å². The average Bonchev–Trinajstić information content (AvgIpc) is 2.79. The van der Waals surface area contributed by atoms with Gasteiger partial charge in [0.1, 0.15) is 10.7 Å². The monoisotopic (exact) mass is 464 g/mol. The number of aryl methyl sites for hydroxylation is 1. The molecule has 0 aromatic heterocycles. The van der Waals surface area contributed by atoms with Gasteiger partial charge in [0.25, 0.3) is 5.91 Å². The predicted molar refractivity (Wildman–Crippen MR) is 114 cm³/mol. The highest BCUT2D eigenvalue weighted by atomic mass is 32.2. The summed E-state index contributed by atoms with van der Waals surface area (Å²) in [4.78, 5) is 25.5. The first-order chi connectivity index (χ1) is 15.2. The van der Waals surface area contributed by atoms with Gasteiger partial charge in [0, 0.05) is 26.7 Å². The molecule has 1 amide bonds. The zero-order valence-electron chi connectivity index (χ0n) is 17.9. The fourth-order valence-electron chi connectivity index (χ4n) is 3.13. The molecule has 0 unspecified atom stereocenters. The van der Waals surface area contributed by atoms with Crippen LogP contribution >= 0.6 is 0 Å². The molecule has 3 rings (SSSR count). The molecule has 1 saturated heterocycles. The Labute approximate surface area is 186 Å². The van der Waals surface area contributed by atoms with Crippen molar-refractivity contribution in [3.63, 3.8) is 0 Å². The van der Waals surface area contributed by atoms with Gasteiger partial charge in [-0.05, 0) is 30.7 Å². The van der Waals surface area contributed by atoms with E-state index in [1.165, 1.54) is 4.90 Å². The lowest BCUT2D eigenvalue weighted by atomic mass is 10.1. The van der Waals surface area contributed by atoms with E-state index in [9.17, 15) is 22.4 Å². The second-order valence-electron chi connectivity index (χ2n) is 7.47. The van der Waals surface area contributed by atoms with Gasteiger partial charge in [-0.15, -0.1) is 0 Å². The number of nitrogens with zero attached hydrogens (tertiary/aromatic N) is 2. The van der Waals surface area contributed by atoms with Gasteiger partial charge < -0.3 is 14.4 Å². The first-order valence-corrected chi connectivity index (χ1v) is 11.5. The van der Waals surface area contributed by atoms with Crippen LogP contribution in [0.3, 0.4) is 0 Å². The Hall–Kier alpha value is -2.82. The number of ether oxygens (including phenoxy) is 2. The van der Waals surface area contributed by atoms with Crippen LogP contribution < -0.4 is 0 Å². The summed E-state index contributed by atoms with van der Waals surface area (Å²) in [5.41, 5.74) is 1.87. The van der Waals surface area contributed by atoms with Gasteiger partial charge in [0.15, 0.2) is 6.61 Å². The molecule has 2 aromatic carbocycles. The van der Waals surface area contributed by atoms with Gasteiger partial charge in [-0.25, -0.2) is 17.6 Å². The van der Waals surface area contributed by atoms with E-state index in [-0.39, 0.29) is 31.9 Å². The summed E-state index contributed by atoms with van der Waals surface area (Å²) in [6.45, 7) is 2.39. The second-order valence-corrected chi connectivity index (χ2v) is 9.38. The molecule has 0 saturated carbocycles. The number of likely N-dealkylation sites (N-methyl/N-ethyl adjacent to an activating group) is 1. The van der Waals surface area contributed by atoms with Crippen LogP contribution in [-0.4, -0.2) is 69.5 Å². The molecular weight excluding hydrogens is 439 g/mol. The minimum absolute atomic E-state index is 0.0955. The highest BCUT2D eigenvalue weighted by Gasteiger charge is 2.30. The zero-order chi connectivity index (χ0) is 23.3. The number of amides is 1. The van der Waals surface area contributed by atoms with Gasteiger partial charge in [-0.2, -0.15) is 4.31 Å². The lowest BCUT2D eigenvalue weighted by Crippen LogP contribution is -2.41. The number of hydrogen-bond acceptors (Lipinski definition) is 6. The van der Waals surface area contributed by atoms with Gasteiger partial charge in [-0.3, -0.25) is 4.79 Å². The molecule has 0 aliphatic carbocycles. The third-order valence-corrected chi connectivity index (χ3v) is 6.96. The second kappa shape index (κ2) is 10.2. The number of rotatable bonds is 7. The summed E-state index contributed by atoms with van der Waals surface area (Å²) in [6, 6.07) is 10.6. The van der Waals surface area contributed by atoms with Gasteiger partial charge in [-0.1, -0.05) is 29.8 Å². The third kappa shape index (κ3) is 5.70. The Balaban J connectivity index is 1.64. The fraction of sp³-hybridized carbons (Fsp3) is 0.364. The van der Waals surface area contributed by atoms with Crippen molar-refractivity contribution in [1.82, 2.24) is 9.21 Å². The maximum Gasteiger partial charge on any atom is 0.338 e. The standard InChI is InChI=1S/C22H25FN2O6S/c1-16-3-5-17(6-4-16)14-24(2)21(26)15-31-22(27)18-7-8-19(23)20(13-18)32(28,29)25-9-11-30-12-10-25/h3-8,13H,9-12,14-15H2,1-2H3. The normalized spacial score (nSPS) is 14.7. The molecule has 0 radical (unpaired) electrons. The maximum atomic E-state index is 14.3. The van der Waals surface area contributed by atoms with Crippen molar-refractivity contribution in [1.29, 1.82) is 0 Å². The SMILES string of the molecule is Cc1ccc(CN(C)C(=O)COC(=O)c2ccc(F)c(S(=O)(=O)N3CCOCC3)c2)cc1. The molecule has 8 nitrogen and oxygen atoms in total. The Kier molecular flexibility index (Phi) is 7.60. The molecule has 0 bridgehead atoms. The molecule has 1 fully saturated rings. The van der Waals surface area contributed by atoms with Crippen LogP contribution in [0.25, 0.3) is 0 Å². The summed E-state index contributed by atoms with van der Waals surface area (Å²) in [5, 5.41) is 0. The molecular formula is C22H25FN2O6S. The van der Waals surface area contributed by atoms with E-state index >= 15 is 0 Å². The van der Waals surface area contributed by atoms with Crippen LogP contribution in [0.5, 0.6) is 0 Å². The van der Waals surface area contributed by atoms with Crippen LogP contribution in [0, 0.1) is 12.7 Å². The highest BCUT2D eigenvalue weighted by Crippen LogP contribution is 2.22. The third-order valence-electron chi connectivity index (χ3n) is 5.05. The lowest BCUT2D eigenvalue weighted by molar-refractivity contribution is -0.133. The summed E-state index contributed by atoms with van der Waals surface area (Å²) in [7, 11) is -2.55. The van der Waals surface area contributed by atoms with E-state index in [1.807, 2.05) is 31.2 Å². The summed E-state index contributed by atoms with van der Waals surface area (Å²) in [6.07, 6.45) is 0. The van der Waals surface area contributed by atoms with Crippen LogP contribution in [0.15, 0.2) is 47.4 Å². The summed E-state index contributed by atoms with van der Waals surface area (Å²) >= 11 is 0. The van der Waals surface area contributed by atoms with Crippen LogP contribution in [0.2, 0.25) is 0 Å². The molecule has 0 spiro atoms. The Morgan fingerprint density at radius 1 is 1.12 bits per heavy atom. The first kappa shape index (κ1) is 23.8. The highest BCUT2D eigenvalue weighted by molar-refractivity contribution is 7.89. The number of esters is 1. The summed E-state index contributed by atoms with van der Waals surface area (Å²) < 4.78 is 51.1. The van der Waals surface area contributed by atoms with E-state index in [1.54, 1.807) is 7.05 Å². The smallest absolute Gasteiger partial charge is 0.338 e. The maximum absolute atomic E-state index is 14.3. The number of carbonyl (C=O) groups is 2. The minimum atomic E-state index is -4.14. The minimum Gasteiger partial charge on any atom is -0.452 e. The van der Waals surface area contributed by atoms with Crippen LogP contribution in [0.1, 0.15) is 21.5 Å². The quantitative estimate of drug-likeness (QED) is 0.582. The van der Waals surface area contributed by atoms with Crippen molar-refractivity contribution in [2.45, 2.75) is 18.4 Å². The molecule has 2 aromatic rings. The Bertz CT molecular complexity index is 1080. The van der Waals surface area contributed by atoms with Gasteiger partial charge >= 0.3 is 5.97 Å². The predicted octanol–water partition coefficient (Wildman–Crippen LogP) is 1.97. The number of sulfonamides is 1. The molecule has 32 heavy (non-hydrogen) atoms. The average molecular weight is 465 g/mol. The molecule has 1 heterocycles. The topological polar surface area (TPSA) is 93.2 Å². The van der Waals surface area contributed by atoms with E-state index in [4.69, 9.17) is 9.47 Å². The number of morpholine rings is 1. The molecule has 1 aliphatic heterocycles. The number of hydrogen-bond donors (Lipinski definition) is 0. The van der Waals surface area contributed by atoms with Crippen molar-refractivity contribution >= 4 is 21.9 Å². The van der Waals surface area contributed by atoms with Crippen molar-refractivity contribution in [3.05, 3.63) is 65.0 Å². The molecule has 0 atom stereocenters. The number of halogens is 1. The van der Waals surface area contributed by atoms with Crippen LogP contribution in [-0.2, 0) is 30.8 Å². The van der Waals surface area contributed by atoms with Gasteiger partial charge in [0.2, 0.25) is 10.0 Å². The number of carbonyl (C=O) groups excluding carboxylic acids is 2. The fourth-order valence-corrected chi connectivity index (χ4v) is 4.63. The van der Waals surface area contributed by atoms with E-state index in [0.29, 0.717) is 6.54 Å². The zero-order valence-corrected chi connectivity index (χ0v) is 18.7. The molecule has 1 aliphatic rings. The van der Waals surface area contributed by atoms with Crippen molar-refractivity contribution in [3.8, 4) is 0 Å². The summed E-state index contributed by atoms with van der Waals surface area (Å²) in [5.74, 6) is -2.32. The van der Waals surface area contributed by atoms with Crippen molar-refractivity contribution in [2.75, 3.05) is 40.0 Å². The Morgan fingerprint density at radius 3 is 2.44 bits per heavy atom. The van der Waals surface area contributed by atoms with E-state index in [0.717, 1.165) is 33.6 Å².